The zero-order valence-corrected chi connectivity index (χ0v) is 90.9. The molecule has 710 valence electrons. The molecule has 0 spiro atoms. The molecule has 0 radical (unpaired) electrons. The Morgan fingerprint density at radius 2 is 0.607 bits per heavy atom. The lowest BCUT2D eigenvalue weighted by Crippen LogP contribution is -2.42. The summed E-state index contributed by atoms with van der Waals surface area (Å²) in [7, 11) is -5.04. The maximum atomic E-state index is 2.66. The molecule has 4 saturated heterocycles. The molecule has 20 atom stereocenters. The van der Waals surface area contributed by atoms with E-state index >= 15 is 0 Å². The van der Waals surface area contributed by atoms with Crippen LogP contribution in [0.2, 0.25) is 94.7 Å². The van der Waals surface area contributed by atoms with Crippen molar-refractivity contribution in [3.8, 4) is 0 Å². The lowest BCUT2D eigenvalue weighted by atomic mass is 9.77. The molecule has 8 fully saturated rings. The summed E-state index contributed by atoms with van der Waals surface area (Å²) in [6, 6.07) is 83.9. The van der Waals surface area contributed by atoms with Crippen molar-refractivity contribution in [2.75, 3.05) is 0 Å². The second kappa shape index (κ2) is 40.3. The summed E-state index contributed by atoms with van der Waals surface area (Å²) >= 11 is 0. The molecular weight excluding hydrogens is 1690 g/mol. The van der Waals surface area contributed by atoms with Gasteiger partial charge in [0.1, 0.15) is 0 Å². The van der Waals surface area contributed by atoms with Gasteiger partial charge in [0.25, 0.3) is 0 Å². The summed E-state index contributed by atoms with van der Waals surface area (Å²) in [6.07, 6.45) is 53.3. The van der Waals surface area contributed by atoms with Crippen molar-refractivity contribution in [3.05, 3.63) is 287 Å². The first-order valence-electron chi connectivity index (χ1n) is 55.7. The number of rotatable bonds is 20. The maximum absolute atomic E-state index is 2.66. The quantitative estimate of drug-likeness (QED) is 0.0527. The Morgan fingerprint density at radius 3 is 0.970 bits per heavy atom. The van der Waals surface area contributed by atoms with E-state index in [1.54, 1.807) is 94.8 Å². The monoisotopic (exact) mass is 1860 g/mol. The molecule has 0 N–H and O–H groups in total. The SMILES string of the molecule is CCC(C)C[Si]1(C2C(C)CC3C(c4c5ccccc5c(C)c5ccccc45)=CC=CC32)CCCC1.CCC(C)C[Si]1(C2C(C)CC3C(c4c5ccccc5cc5ccccc45)=CC=CC32)CCCC1.CCC(C)C[Si]1(C2C(C)CC3C(c4ccc(C(C)(C)C)c5ccccc45)=CC=CC32)CCCC1.CCC(C)C[Si]1(C2C(C)CC3C(c4ccc(C)c5ccc(C)cc45)=CC=CC32)CCCC1. The highest BCUT2D eigenvalue weighted by atomic mass is 28.3. The van der Waals surface area contributed by atoms with E-state index in [9.17, 15) is 0 Å². The van der Waals surface area contributed by atoms with E-state index < -0.39 is 32.3 Å². The van der Waals surface area contributed by atoms with Crippen LogP contribution in [0.5, 0.6) is 0 Å². The fourth-order valence-corrected chi connectivity index (χ4v) is 64.7. The van der Waals surface area contributed by atoms with E-state index in [0.717, 1.165) is 93.2 Å². The minimum Gasteiger partial charge on any atom is -0.0808 e. The first-order valence-corrected chi connectivity index (χ1v) is 66.5. The average Bonchev–Trinajstić information content (AvgIpc) is 1.39. The van der Waals surface area contributed by atoms with Crippen molar-refractivity contribution in [1.82, 2.24) is 0 Å². The molecule has 135 heavy (non-hydrogen) atoms. The lowest BCUT2D eigenvalue weighted by Gasteiger charge is -2.42. The highest BCUT2D eigenvalue weighted by Gasteiger charge is 2.60. The molecule has 22 rings (SSSR count). The predicted molar refractivity (Wildman–Crippen MR) is 606 cm³/mol. The van der Waals surface area contributed by atoms with Crippen LogP contribution in [0.1, 0.15) is 251 Å². The van der Waals surface area contributed by atoms with Crippen LogP contribution in [0.25, 0.3) is 86.9 Å². The van der Waals surface area contributed by atoms with E-state index in [1.807, 2.05) is 0 Å². The number of hydrogen-bond donors (Lipinski definition) is 0. The predicted octanol–water partition coefficient (Wildman–Crippen LogP) is 39.4. The van der Waals surface area contributed by atoms with Crippen molar-refractivity contribution >= 4 is 119 Å². The van der Waals surface area contributed by atoms with Gasteiger partial charge in [0.2, 0.25) is 0 Å². The van der Waals surface area contributed by atoms with Crippen molar-refractivity contribution in [2.24, 2.45) is 94.7 Å². The van der Waals surface area contributed by atoms with Gasteiger partial charge in [0.05, 0.1) is 32.3 Å². The van der Waals surface area contributed by atoms with Gasteiger partial charge in [-0.3, -0.25) is 0 Å². The Kier molecular flexibility index (Phi) is 28.8. The van der Waals surface area contributed by atoms with Crippen LogP contribution < -0.4 is 0 Å². The molecule has 0 amide bonds. The molecule has 4 heterocycles. The van der Waals surface area contributed by atoms with E-state index in [2.05, 4.69) is 367 Å². The van der Waals surface area contributed by atoms with E-state index in [-0.39, 0.29) is 5.41 Å². The van der Waals surface area contributed by atoms with Gasteiger partial charge in [-0.2, -0.15) is 0 Å². The van der Waals surface area contributed by atoms with E-state index in [0.29, 0.717) is 23.7 Å². The topological polar surface area (TPSA) is 0 Å². The standard InChI is InChI=1S/C34H42Si.C33H40Si.C33H46Si.C31H42Si/c1-5-23(2)22-35(19-10-11-20-35)34-24(3)21-32-30(17-12-18-31(32)34)33-28-15-8-6-13-26(28)25(4)27-14-7-9-16-29(27)33;1-4-23(2)22-34(18-9-10-19-34)33-24(3)20-31-29(16-11-17-30(31)33)32-27-14-7-5-12-25(27)21-26-13-6-8-15-28(26)32;1-7-23(2)22-34(19-10-11-20-34)32-24(3)21-30-26(15-12-16-29(30)32)27-17-18-31(33(4,5)6)28-14-9-8-13-25(27)28;1-6-21(2)20-32(16-7-8-17-32)31-24(5)19-30-26(10-9-11-28(30)31)27-15-13-23(4)25-14-12-22(3)18-29(25)27/h6-9,12-18,23-24,31-32,34H,5,10-11,19-22H2,1-4H3;5-8,11-17,21,23-24,30-31,33H,4,9-10,18-20,22H2,1-3H3;8-9,12-18,23-24,29-30,32H,7,10-11,19-22H2,1-6H3;9-15,18,21,24,28,30-31H,6-8,16-17,19-20H2,1-5H3. The van der Waals surface area contributed by atoms with Crippen LogP contribution in [0.15, 0.2) is 243 Å². The Morgan fingerprint density at radius 1 is 0.304 bits per heavy atom. The third-order valence-corrected chi connectivity index (χ3v) is 66.1. The zero-order chi connectivity index (χ0) is 94.0. The summed E-state index contributed by atoms with van der Waals surface area (Å²) < 4.78 is 0. The Hall–Kier alpha value is -7.45. The Labute approximate surface area is 822 Å². The van der Waals surface area contributed by atoms with Crippen LogP contribution >= 0.6 is 0 Å². The molecule has 10 aromatic carbocycles. The fourth-order valence-electron chi connectivity index (χ4n) is 33.9. The number of fused-ring (bicyclic) bond motifs is 10. The van der Waals surface area contributed by atoms with Crippen molar-refractivity contribution in [3.63, 3.8) is 0 Å². The summed E-state index contributed by atoms with van der Waals surface area (Å²) in [6.45, 7) is 44.1. The van der Waals surface area contributed by atoms with Gasteiger partial charge in [-0.1, -0.05) is 496 Å². The summed E-state index contributed by atoms with van der Waals surface area (Å²) in [5.74, 6) is 12.9. The van der Waals surface area contributed by atoms with Gasteiger partial charge in [-0.25, -0.2) is 0 Å². The molecule has 0 bridgehead atoms. The number of aryl methyl sites for hydroxylation is 3. The highest BCUT2D eigenvalue weighted by Crippen LogP contribution is 2.68. The van der Waals surface area contributed by atoms with Crippen molar-refractivity contribution in [2.45, 2.75) is 327 Å². The second-order valence-electron chi connectivity index (χ2n) is 49.1. The molecule has 12 aliphatic rings. The maximum Gasteiger partial charge on any atom is 0.0578 e. The highest BCUT2D eigenvalue weighted by molar-refractivity contribution is 6.83. The van der Waals surface area contributed by atoms with Gasteiger partial charge >= 0.3 is 0 Å². The second-order valence-corrected chi connectivity index (χ2v) is 68.3. The average molecular weight is 1860 g/mol. The minimum absolute atomic E-state index is 0.158. The number of hydrogen-bond acceptors (Lipinski definition) is 0. The van der Waals surface area contributed by atoms with Crippen molar-refractivity contribution in [1.29, 1.82) is 0 Å². The van der Waals surface area contributed by atoms with Crippen LogP contribution in [0.3, 0.4) is 0 Å². The van der Waals surface area contributed by atoms with Gasteiger partial charge in [-0.15, -0.1) is 0 Å². The van der Waals surface area contributed by atoms with Gasteiger partial charge < -0.3 is 0 Å². The van der Waals surface area contributed by atoms with E-state index in [1.165, 1.54) is 212 Å². The number of benzene rings is 10. The van der Waals surface area contributed by atoms with Crippen LogP contribution in [-0.2, 0) is 5.41 Å². The molecule has 0 nitrogen and oxygen atoms in total. The smallest absolute Gasteiger partial charge is 0.0578 e. The molecule has 10 aromatic rings. The van der Waals surface area contributed by atoms with Gasteiger partial charge in [0.15, 0.2) is 0 Å². The molecule has 8 aliphatic carbocycles. The van der Waals surface area contributed by atoms with Crippen LogP contribution in [0, 0.1) is 115 Å². The van der Waals surface area contributed by atoms with Crippen LogP contribution in [-0.4, -0.2) is 32.3 Å². The van der Waals surface area contributed by atoms with Crippen LogP contribution in [0.4, 0.5) is 0 Å². The molecule has 0 aromatic heterocycles. The molecule has 20 unspecified atom stereocenters. The van der Waals surface area contributed by atoms with E-state index in [4.69, 9.17) is 0 Å². The first kappa shape index (κ1) is 96.4. The lowest BCUT2D eigenvalue weighted by molar-refractivity contribution is 0.528. The normalized spacial score (nSPS) is 29.1. The largest absolute Gasteiger partial charge is 0.0808 e. The fraction of sp³-hybridized carbons (Fsp3) is 0.511. The minimum atomic E-state index is -1.28. The molecule has 4 saturated carbocycles. The zero-order valence-electron chi connectivity index (χ0n) is 86.9. The summed E-state index contributed by atoms with van der Waals surface area (Å²) in [4.78, 5) is 0. The third kappa shape index (κ3) is 18.2. The summed E-state index contributed by atoms with van der Waals surface area (Å²) in [5.41, 5.74) is 22.3. The summed E-state index contributed by atoms with van der Waals surface area (Å²) in [5, 5.41) is 17.2. The number of allylic oxidation sites excluding steroid dienone is 16. The molecular formula is C131H170Si4. The Bertz CT molecular complexity index is 6100. The van der Waals surface area contributed by atoms with Gasteiger partial charge in [0, 0.05) is 0 Å². The molecule has 4 aliphatic heterocycles. The first-order chi connectivity index (χ1) is 65.3. The van der Waals surface area contributed by atoms with Gasteiger partial charge in [-0.05, 0) is 301 Å². The Balaban J connectivity index is 0.000000116. The molecule has 4 heteroatoms. The van der Waals surface area contributed by atoms with Crippen molar-refractivity contribution < 1.29 is 0 Å². The third-order valence-electron chi connectivity index (χ3n) is 39.8.